The van der Waals surface area contributed by atoms with Crippen LogP contribution < -0.4 is 9.47 Å². The summed E-state index contributed by atoms with van der Waals surface area (Å²) >= 11 is 0. The molecule has 0 bridgehead atoms. The van der Waals surface area contributed by atoms with Gasteiger partial charge < -0.3 is 14.4 Å². The molecular formula is C23H20F3NO3. The molecular weight excluding hydrogens is 395 g/mol. The van der Waals surface area contributed by atoms with Gasteiger partial charge in [0.1, 0.15) is 11.5 Å². The summed E-state index contributed by atoms with van der Waals surface area (Å²) in [5.74, 6) is -3.97. The molecule has 0 saturated heterocycles. The number of hydrogen-bond acceptors (Lipinski definition) is 3. The van der Waals surface area contributed by atoms with Crippen LogP contribution in [0.5, 0.6) is 11.5 Å². The number of rotatable bonds is 7. The van der Waals surface area contributed by atoms with Crippen molar-refractivity contribution in [2.24, 2.45) is 0 Å². The Balaban J connectivity index is 1.92. The largest absolute Gasteiger partial charge is 0.497 e. The fraction of sp³-hybridized carbons (Fsp3) is 0.174. The molecule has 0 heterocycles. The van der Waals surface area contributed by atoms with E-state index in [4.69, 9.17) is 9.47 Å². The van der Waals surface area contributed by atoms with Crippen LogP contribution >= 0.6 is 0 Å². The zero-order chi connectivity index (χ0) is 21.7. The van der Waals surface area contributed by atoms with E-state index in [2.05, 4.69) is 0 Å². The zero-order valence-electron chi connectivity index (χ0n) is 16.5. The van der Waals surface area contributed by atoms with Crippen LogP contribution in [0.4, 0.5) is 13.2 Å². The molecule has 7 heteroatoms. The van der Waals surface area contributed by atoms with Gasteiger partial charge in [-0.2, -0.15) is 0 Å². The maximum atomic E-state index is 14.3. The third-order valence-corrected chi connectivity index (χ3v) is 4.62. The summed E-state index contributed by atoms with van der Waals surface area (Å²) in [6.45, 7) is 0.264. The highest BCUT2D eigenvalue weighted by Crippen LogP contribution is 2.21. The van der Waals surface area contributed by atoms with Crippen LogP contribution in [-0.2, 0) is 13.1 Å². The second-order valence-electron chi connectivity index (χ2n) is 6.58. The number of methoxy groups -OCH3 is 2. The Labute approximate surface area is 172 Å². The van der Waals surface area contributed by atoms with Crippen LogP contribution in [0.2, 0.25) is 0 Å². The molecule has 0 fully saturated rings. The molecule has 4 nitrogen and oxygen atoms in total. The van der Waals surface area contributed by atoms with Crippen LogP contribution in [0.1, 0.15) is 21.5 Å². The number of amides is 1. The summed E-state index contributed by atoms with van der Waals surface area (Å²) in [6, 6.07) is 15.7. The van der Waals surface area contributed by atoms with Gasteiger partial charge in [0.2, 0.25) is 0 Å². The predicted molar refractivity (Wildman–Crippen MR) is 106 cm³/mol. The molecule has 0 N–H and O–H groups in total. The second kappa shape index (κ2) is 9.35. The van der Waals surface area contributed by atoms with Crippen LogP contribution in [-0.4, -0.2) is 25.0 Å². The lowest BCUT2D eigenvalue weighted by Gasteiger charge is -2.24. The minimum absolute atomic E-state index is 0.132. The first-order valence-corrected chi connectivity index (χ1v) is 9.11. The van der Waals surface area contributed by atoms with E-state index >= 15 is 0 Å². The monoisotopic (exact) mass is 415 g/mol. The van der Waals surface area contributed by atoms with Crippen molar-refractivity contribution in [3.8, 4) is 11.5 Å². The lowest BCUT2D eigenvalue weighted by molar-refractivity contribution is 0.0724. The quantitative estimate of drug-likeness (QED) is 0.512. The first kappa shape index (κ1) is 21.2. The predicted octanol–water partition coefficient (Wildman–Crippen LogP) is 4.96. The minimum Gasteiger partial charge on any atom is -0.497 e. The van der Waals surface area contributed by atoms with Gasteiger partial charge in [-0.15, -0.1) is 0 Å². The van der Waals surface area contributed by atoms with E-state index in [1.165, 1.54) is 4.90 Å². The van der Waals surface area contributed by atoms with Gasteiger partial charge in [-0.1, -0.05) is 24.3 Å². The van der Waals surface area contributed by atoms with Gasteiger partial charge in [0, 0.05) is 13.1 Å². The highest BCUT2D eigenvalue weighted by Gasteiger charge is 2.24. The Morgan fingerprint density at radius 3 is 1.63 bits per heavy atom. The zero-order valence-corrected chi connectivity index (χ0v) is 16.5. The Bertz CT molecular complexity index is 972. The number of halogens is 3. The van der Waals surface area contributed by atoms with E-state index in [0.717, 1.165) is 23.3 Å². The molecule has 3 aromatic rings. The summed E-state index contributed by atoms with van der Waals surface area (Å²) in [6.07, 6.45) is 0. The van der Waals surface area contributed by atoms with Gasteiger partial charge in [-0.25, -0.2) is 13.2 Å². The standard InChI is InChI=1S/C23H20F3NO3/c1-29-17-7-3-15(4-8-17)13-27(14-16-5-9-18(30-2)10-6-16)23(28)19-11-12-20(24)22(26)21(19)25/h3-12H,13-14H2,1-2H3. The SMILES string of the molecule is COc1ccc(CN(Cc2ccc(OC)cc2)C(=O)c2ccc(F)c(F)c2F)cc1. The van der Waals surface area contributed by atoms with Crippen molar-refractivity contribution in [1.29, 1.82) is 0 Å². The lowest BCUT2D eigenvalue weighted by Crippen LogP contribution is -2.31. The van der Waals surface area contributed by atoms with Crippen molar-refractivity contribution in [3.63, 3.8) is 0 Å². The average Bonchev–Trinajstić information content (AvgIpc) is 2.77. The van der Waals surface area contributed by atoms with Crippen molar-refractivity contribution >= 4 is 5.91 Å². The van der Waals surface area contributed by atoms with E-state index < -0.39 is 28.9 Å². The first-order valence-electron chi connectivity index (χ1n) is 9.11. The number of benzene rings is 3. The Morgan fingerprint density at radius 2 is 1.20 bits per heavy atom. The normalized spacial score (nSPS) is 10.6. The van der Waals surface area contributed by atoms with E-state index in [-0.39, 0.29) is 13.1 Å². The maximum absolute atomic E-state index is 14.3. The Kier molecular flexibility index (Phi) is 6.61. The number of hydrogen-bond donors (Lipinski definition) is 0. The molecule has 0 unspecified atom stereocenters. The Hall–Kier alpha value is -3.48. The molecule has 0 spiro atoms. The highest BCUT2D eigenvalue weighted by atomic mass is 19.2. The molecule has 0 aromatic heterocycles. The van der Waals surface area contributed by atoms with Crippen LogP contribution in [0.3, 0.4) is 0 Å². The van der Waals surface area contributed by atoms with Crippen molar-refractivity contribution < 1.29 is 27.4 Å². The van der Waals surface area contributed by atoms with Gasteiger partial charge in [0.25, 0.3) is 5.91 Å². The molecule has 1 amide bonds. The number of nitrogens with zero attached hydrogens (tertiary/aromatic N) is 1. The molecule has 0 atom stereocenters. The van der Waals surface area contributed by atoms with Gasteiger partial charge in [-0.3, -0.25) is 4.79 Å². The summed E-state index contributed by atoms with van der Waals surface area (Å²) < 4.78 is 51.5. The van der Waals surface area contributed by atoms with Gasteiger partial charge >= 0.3 is 0 Å². The molecule has 30 heavy (non-hydrogen) atoms. The van der Waals surface area contributed by atoms with Crippen molar-refractivity contribution in [2.75, 3.05) is 14.2 Å². The van der Waals surface area contributed by atoms with E-state index in [0.29, 0.717) is 11.5 Å². The van der Waals surface area contributed by atoms with Crippen LogP contribution in [0.25, 0.3) is 0 Å². The summed E-state index contributed by atoms with van der Waals surface area (Å²) in [4.78, 5) is 14.4. The van der Waals surface area contributed by atoms with Gasteiger partial charge in [0.05, 0.1) is 19.8 Å². The van der Waals surface area contributed by atoms with Crippen molar-refractivity contribution in [3.05, 3.63) is 94.8 Å². The summed E-state index contributed by atoms with van der Waals surface area (Å²) in [5, 5.41) is 0. The molecule has 0 aliphatic heterocycles. The van der Waals surface area contributed by atoms with Crippen LogP contribution in [0.15, 0.2) is 60.7 Å². The third kappa shape index (κ3) is 4.74. The molecule has 0 radical (unpaired) electrons. The molecule has 0 saturated carbocycles. The number of carbonyl (C=O) groups excluding carboxylic acids is 1. The van der Waals surface area contributed by atoms with E-state index in [1.54, 1.807) is 62.8 Å². The van der Waals surface area contributed by atoms with Gasteiger partial charge in [-0.05, 0) is 47.5 Å². The molecule has 3 rings (SSSR count). The van der Waals surface area contributed by atoms with E-state index in [1.807, 2.05) is 0 Å². The van der Waals surface area contributed by atoms with Crippen molar-refractivity contribution in [2.45, 2.75) is 13.1 Å². The molecule has 0 aliphatic rings. The van der Waals surface area contributed by atoms with Gasteiger partial charge in [0.15, 0.2) is 17.5 Å². The minimum atomic E-state index is -1.67. The lowest BCUT2D eigenvalue weighted by atomic mass is 10.1. The Morgan fingerprint density at radius 1 is 0.733 bits per heavy atom. The average molecular weight is 415 g/mol. The van der Waals surface area contributed by atoms with Crippen LogP contribution in [0, 0.1) is 17.5 Å². The van der Waals surface area contributed by atoms with Crippen molar-refractivity contribution in [1.82, 2.24) is 4.90 Å². The first-order chi connectivity index (χ1) is 14.4. The second-order valence-corrected chi connectivity index (χ2v) is 6.58. The molecule has 3 aromatic carbocycles. The highest BCUT2D eigenvalue weighted by molar-refractivity contribution is 5.94. The fourth-order valence-corrected chi connectivity index (χ4v) is 2.96. The molecule has 0 aliphatic carbocycles. The topological polar surface area (TPSA) is 38.8 Å². The summed E-state index contributed by atoms with van der Waals surface area (Å²) in [5.41, 5.74) is 0.997. The maximum Gasteiger partial charge on any atom is 0.257 e. The number of carbonyl (C=O) groups is 1. The smallest absolute Gasteiger partial charge is 0.257 e. The molecule has 156 valence electrons. The van der Waals surface area contributed by atoms with E-state index in [9.17, 15) is 18.0 Å². The third-order valence-electron chi connectivity index (χ3n) is 4.62. The number of ether oxygens (including phenoxy) is 2. The summed E-state index contributed by atoms with van der Waals surface area (Å²) in [7, 11) is 3.08. The fourth-order valence-electron chi connectivity index (χ4n) is 2.96.